The van der Waals surface area contributed by atoms with Gasteiger partial charge in [0.2, 0.25) is 0 Å². The van der Waals surface area contributed by atoms with E-state index in [1.54, 1.807) is 6.07 Å². The Kier molecular flexibility index (Phi) is 2.85. The van der Waals surface area contributed by atoms with Crippen molar-refractivity contribution >= 4 is 38.9 Å². The van der Waals surface area contributed by atoms with Crippen molar-refractivity contribution < 1.29 is 0 Å². The Bertz CT molecular complexity index is 276. The molecule has 0 heterocycles. The number of nitrogen functional groups attached to an aromatic ring is 1. The highest BCUT2D eigenvalue weighted by Crippen LogP contribution is 2.33. The molecule has 0 unspecified atom stereocenters. The van der Waals surface area contributed by atoms with Gasteiger partial charge in [0.15, 0.2) is 0 Å². The van der Waals surface area contributed by atoms with Crippen molar-refractivity contribution in [1.29, 1.82) is 0 Å². The van der Waals surface area contributed by atoms with E-state index in [9.17, 15) is 0 Å². The van der Waals surface area contributed by atoms with E-state index < -0.39 is 0 Å². The highest BCUT2D eigenvalue weighted by molar-refractivity contribution is 9.10. The van der Waals surface area contributed by atoms with E-state index in [0.29, 0.717) is 10.7 Å². The van der Waals surface area contributed by atoms with Crippen molar-refractivity contribution in [2.75, 3.05) is 24.7 Å². The Morgan fingerprint density at radius 3 is 2.42 bits per heavy atom. The standard InChI is InChI=1S/C8H10BrClN2/c1-12(2)8-6(9)3-5(10)4-7(8)11/h3-4H,11H2,1-2H3. The number of rotatable bonds is 1. The van der Waals surface area contributed by atoms with Gasteiger partial charge in [-0.3, -0.25) is 0 Å². The Morgan fingerprint density at radius 1 is 1.42 bits per heavy atom. The first-order chi connectivity index (χ1) is 5.52. The second-order valence-corrected chi connectivity index (χ2v) is 4.01. The molecule has 0 radical (unpaired) electrons. The fourth-order valence-electron chi connectivity index (χ4n) is 1.06. The van der Waals surface area contributed by atoms with Crippen LogP contribution in [-0.2, 0) is 0 Å². The molecule has 0 aromatic heterocycles. The van der Waals surface area contributed by atoms with Gasteiger partial charge in [0.25, 0.3) is 0 Å². The highest BCUT2D eigenvalue weighted by Gasteiger charge is 2.07. The third-order valence-electron chi connectivity index (χ3n) is 1.50. The zero-order valence-electron chi connectivity index (χ0n) is 6.94. The lowest BCUT2D eigenvalue weighted by atomic mass is 10.2. The van der Waals surface area contributed by atoms with Crippen molar-refractivity contribution in [2.45, 2.75) is 0 Å². The van der Waals surface area contributed by atoms with Crippen molar-refractivity contribution in [3.8, 4) is 0 Å². The van der Waals surface area contributed by atoms with Gasteiger partial charge in [0.1, 0.15) is 0 Å². The van der Waals surface area contributed by atoms with Gasteiger partial charge in [0.05, 0.1) is 11.4 Å². The van der Waals surface area contributed by atoms with Crippen LogP contribution in [0.3, 0.4) is 0 Å². The zero-order chi connectivity index (χ0) is 9.30. The third kappa shape index (κ3) is 1.84. The molecule has 0 atom stereocenters. The second-order valence-electron chi connectivity index (χ2n) is 2.72. The molecule has 2 nitrogen and oxygen atoms in total. The molecule has 0 aliphatic rings. The maximum absolute atomic E-state index is 5.80. The summed E-state index contributed by atoms with van der Waals surface area (Å²) in [5.41, 5.74) is 7.40. The molecule has 1 rings (SSSR count). The highest BCUT2D eigenvalue weighted by atomic mass is 79.9. The van der Waals surface area contributed by atoms with Crippen molar-refractivity contribution in [1.82, 2.24) is 0 Å². The van der Waals surface area contributed by atoms with Crippen LogP contribution < -0.4 is 10.6 Å². The molecule has 0 fully saturated rings. The summed E-state index contributed by atoms with van der Waals surface area (Å²) in [5, 5.41) is 0.643. The Morgan fingerprint density at radius 2 is 2.00 bits per heavy atom. The fourth-order valence-corrected chi connectivity index (χ4v) is 2.25. The van der Waals surface area contributed by atoms with E-state index in [-0.39, 0.29) is 0 Å². The molecule has 4 heteroatoms. The van der Waals surface area contributed by atoms with E-state index in [1.165, 1.54) is 0 Å². The molecule has 2 N–H and O–H groups in total. The van der Waals surface area contributed by atoms with E-state index in [1.807, 2.05) is 25.1 Å². The van der Waals surface area contributed by atoms with Crippen LogP contribution in [0, 0.1) is 0 Å². The predicted molar refractivity (Wildman–Crippen MR) is 57.9 cm³/mol. The Balaban J connectivity index is 3.28. The molecule has 0 saturated carbocycles. The van der Waals surface area contributed by atoms with Crippen LogP contribution >= 0.6 is 27.5 Å². The van der Waals surface area contributed by atoms with Crippen LogP contribution in [0.1, 0.15) is 0 Å². The number of hydrogen-bond acceptors (Lipinski definition) is 2. The van der Waals surface area contributed by atoms with Crippen molar-refractivity contribution in [3.63, 3.8) is 0 Å². The van der Waals surface area contributed by atoms with Crippen LogP contribution in [0.15, 0.2) is 16.6 Å². The SMILES string of the molecule is CN(C)c1c(N)cc(Cl)cc1Br. The number of nitrogens with zero attached hydrogens (tertiary/aromatic N) is 1. The maximum Gasteiger partial charge on any atom is 0.0740 e. The molecule has 0 bridgehead atoms. The van der Waals surface area contributed by atoms with Gasteiger partial charge < -0.3 is 10.6 Å². The summed E-state index contributed by atoms with van der Waals surface area (Å²) in [5.74, 6) is 0. The molecule has 0 saturated heterocycles. The smallest absolute Gasteiger partial charge is 0.0740 e. The number of nitrogens with two attached hydrogens (primary N) is 1. The molecule has 66 valence electrons. The molecular weight excluding hydrogens is 239 g/mol. The lowest BCUT2D eigenvalue weighted by Gasteiger charge is -2.17. The molecular formula is C8H10BrClN2. The molecule has 12 heavy (non-hydrogen) atoms. The average Bonchev–Trinajstić information content (AvgIpc) is 1.82. The summed E-state index contributed by atoms with van der Waals surface area (Å²) in [7, 11) is 3.87. The van der Waals surface area contributed by atoms with Gasteiger partial charge in [-0.1, -0.05) is 11.6 Å². The number of halogens is 2. The largest absolute Gasteiger partial charge is 0.397 e. The average molecular weight is 250 g/mol. The van der Waals surface area contributed by atoms with E-state index >= 15 is 0 Å². The second kappa shape index (κ2) is 3.54. The third-order valence-corrected chi connectivity index (χ3v) is 2.33. The molecule has 0 amide bonds. The Hall–Kier alpha value is -0.410. The van der Waals surface area contributed by atoms with Crippen molar-refractivity contribution in [3.05, 3.63) is 21.6 Å². The van der Waals surface area contributed by atoms with Crippen LogP contribution in [-0.4, -0.2) is 14.1 Å². The predicted octanol–water partition coefficient (Wildman–Crippen LogP) is 2.75. The van der Waals surface area contributed by atoms with E-state index in [2.05, 4.69) is 15.9 Å². The van der Waals surface area contributed by atoms with Gasteiger partial charge in [-0.15, -0.1) is 0 Å². The van der Waals surface area contributed by atoms with Crippen molar-refractivity contribution in [2.24, 2.45) is 0 Å². The molecule has 0 aliphatic carbocycles. The quantitative estimate of drug-likeness (QED) is 0.776. The first kappa shape index (κ1) is 9.68. The van der Waals surface area contributed by atoms with Crippen LogP contribution in [0.5, 0.6) is 0 Å². The normalized spacial score (nSPS) is 10.0. The topological polar surface area (TPSA) is 29.3 Å². The molecule has 0 spiro atoms. The lowest BCUT2D eigenvalue weighted by Crippen LogP contribution is -2.11. The minimum absolute atomic E-state index is 0.643. The van der Waals surface area contributed by atoms with Crippen LogP contribution in [0.25, 0.3) is 0 Å². The van der Waals surface area contributed by atoms with Gasteiger partial charge in [-0.25, -0.2) is 0 Å². The molecule has 1 aromatic rings. The lowest BCUT2D eigenvalue weighted by molar-refractivity contribution is 1.13. The fraction of sp³-hybridized carbons (Fsp3) is 0.250. The summed E-state index contributed by atoms with van der Waals surface area (Å²) in [6.45, 7) is 0. The first-order valence-corrected chi connectivity index (χ1v) is 4.61. The summed E-state index contributed by atoms with van der Waals surface area (Å²) in [6.07, 6.45) is 0. The first-order valence-electron chi connectivity index (χ1n) is 3.44. The van der Waals surface area contributed by atoms with Gasteiger partial charge in [0, 0.05) is 23.6 Å². The summed E-state index contributed by atoms with van der Waals surface area (Å²) in [6, 6.07) is 3.56. The van der Waals surface area contributed by atoms with Crippen LogP contribution in [0.2, 0.25) is 5.02 Å². The number of anilines is 2. The summed E-state index contributed by atoms with van der Waals surface area (Å²) in [4.78, 5) is 1.94. The molecule has 0 aliphatic heterocycles. The maximum atomic E-state index is 5.80. The number of hydrogen-bond donors (Lipinski definition) is 1. The summed E-state index contributed by atoms with van der Waals surface area (Å²) >= 11 is 9.19. The van der Waals surface area contributed by atoms with Gasteiger partial charge >= 0.3 is 0 Å². The monoisotopic (exact) mass is 248 g/mol. The number of benzene rings is 1. The molecule has 1 aromatic carbocycles. The summed E-state index contributed by atoms with van der Waals surface area (Å²) < 4.78 is 0.914. The zero-order valence-corrected chi connectivity index (χ0v) is 9.28. The van der Waals surface area contributed by atoms with Crippen LogP contribution in [0.4, 0.5) is 11.4 Å². The minimum Gasteiger partial charge on any atom is -0.397 e. The minimum atomic E-state index is 0.643. The van der Waals surface area contributed by atoms with Gasteiger partial charge in [-0.05, 0) is 28.1 Å². The Labute approximate surface area is 85.4 Å². The van der Waals surface area contributed by atoms with E-state index in [4.69, 9.17) is 17.3 Å². The van der Waals surface area contributed by atoms with Gasteiger partial charge in [-0.2, -0.15) is 0 Å². The van der Waals surface area contributed by atoms with E-state index in [0.717, 1.165) is 10.2 Å².